The molecule has 1 aromatic carbocycles. The van der Waals surface area contributed by atoms with Crippen molar-refractivity contribution in [1.82, 2.24) is 4.90 Å². The van der Waals surface area contributed by atoms with Crippen molar-refractivity contribution in [3.8, 4) is 0 Å². The smallest absolute Gasteiger partial charge is 0.335 e. The predicted octanol–water partition coefficient (Wildman–Crippen LogP) is 2.81. The van der Waals surface area contributed by atoms with E-state index in [1.165, 1.54) is 12.1 Å². The Morgan fingerprint density at radius 3 is 2.37 bits per heavy atom. The van der Waals surface area contributed by atoms with Crippen molar-refractivity contribution in [2.45, 2.75) is 26.3 Å². The summed E-state index contributed by atoms with van der Waals surface area (Å²) in [7, 11) is 0. The number of carbonyl (C=O) groups excluding carboxylic acids is 1. The Kier molecular flexibility index (Phi) is 4.48. The van der Waals surface area contributed by atoms with Crippen molar-refractivity contribution in [2.24, 2.45) is 0 Å². The van der Waals surface area contributed by atoms with Crippen LogP contribution in [-0.4, -0.2) is 34.0 Å². The Morgan fingerprint density at radius 2 is 1.89 bits per heavy atom. The number of benzene rings is 1. The average Bonchev–Trinajstić information content (AvgIpc) is 2.34. The predicted molar refractivity (Wildman–Crippen MR) is 74.4 cm³/mol. The summed E-state index contributed by atoms with van der Waals surface area (Å²) in [5, 5.41) is 8.95. The summed E-state index contributed by atoms with van der Waals surface area (Å²) in [6, 6.07) is 6.06. The third-order valence-corrected chi connectivity index (χ3v) is 2.72. The summed E-state index contributed by atoms with van der Waals surface area (Å²) in [5.41, 5.74) is 0.125. The van der Waals surface area contributed by atoms with Gasteiger partial charge in [-0.3, -0.25) is 4.79 Å². The minimum Gasteiger partial charge on any atom is -0.478 e. The summed E-state index contributed by atoms with van der Waals surface area (Å²) in [5.74, 6) is -1.24. The van der Waals surface area contributed by atoms with Crippen LogP contribution in [0, 0.1) is 0 Å². The molecular formula is C15H19NO3. The van der Waals surface area contributed by atoms with Crippen LogP contribution in [0.4, 0.5) is 0 Å². The van der Waals surface area contributed by atoms with Gasteiger partial charge in [0.1, 0.15) is 0 Å². The van der Waals surface area contributed by atoms with Crippen molar-refractivity contribution in [3.05, 3.63) is 48.0 Å². The highest BCUT2D eigenvalue weighted by atomic mass is 16.4. The largest absolute Gasteiger partial charge is 0.478 e. The van der Waals surface area contributed by atoms with E-state index in [4.69, 9.17) is 5.11 Å². The number of amides is 1. The molecule has 19 heavy (non-hydrogen) atoms. The minimum absolute atomic E-state index is 0.110. The van der Waals surface area contributed by atoms with E-state index < -0.39 is 5.97 Å². The number of aromatic carboxylic acids is 1. The summed E-state index contributed by atoms with van der Waals surface area (Å²) in [4.78, 5) is 25.0. The maximum Gasteiger partial charge on any atom is 0.335 e. The van der Waals surface area contributed by atoms with Crippen LogP contribution in [0.25, 0.3) is 0 Å². The highest BCUT2D eigenvalue weighted by Crippen LogP contribution is 2.18. The van der Waals surface area contributed by atoms with Crippen molar-refractivity contribution in [3.63, 3.8) is 0 Å². The Morgan fingerprint density at radius 1 is 1.32 bits per heavy atom. The van der Waals surface area contributed by atoms with Crippen molar-refractivity contribution in [2.75, 3.05) is 6.54 Å². The molecule has 0 atom stereocenters. The van der Waals surface area contributed by atoms with Gasteiger partial charge in [-0.25, -0.2) is 4.79 Å². The van der Waals surface area contributed by atoms with Gasteiger partial charge < -0.3 is 10.0 Å². The Labute approximate surface area is 113 Å². The number of hydrogen-bond acceptors (Lipinski definition) is 2. The molecule has 0 aliphatic carbocycles. The molecule has 4 nitrogen and oxygen atoms in total. The first-order valence-electron chi connectivity index (χ1n) is 6.03. The highest BCUT2D eigenvalue weighted by Gasteiger charge is 2.26. The molecule has 0 saturated heterocycles. The Hall–Kier alpha value is -2.10. The number of rotatable bonds is 4. The van der Waals surface area contributed by atoms with Crippen molar-refractivity contribution in [1.29, 1.82) is 0 Å². The number of hydrogen-bond donors (Lipinski definition) is 1. The standard InChI is InChI=1S/C15H19NO3/c1-5-9-16(15(2,3)4)13(17)11-7-6-8-12(10-11)14(18)19/h5-8,10H,1,9H2,2-4H3,(H,18,19). The lowest BCUT2D eigenvalue weighted by molar-refractivity contribution is 0.0616. The van der Waals surface area contributed by atoms with Gasteiger partial charge in [0.05, 0.1) is 5.56 Å². The van der Waals surface area contributed by atoms with E-state index in [9.17, 15) is 9.59 Å². The molecule has 0 unspecified atom stereocenters. The molecular weight excluding hydrogens is 242 g/mol. The van der Waals surface area contributed by atoms with Crippen LogP contribution in [0.2, 0.25) is 0 Å². The normalized spacial score (nSPS) is 10.9. The first kappa shape index (κ1) is 15.0. The monoisotopic (exact) mass is 261 g/mol. The topological polar surface area (TPSA) is 57.6 Å². The maximum atomic E-state index is 12.4. The second-order valence-electron chi connectivity index (χ2n) is 5.26. The Bertz CT molecular complexity index is 500. The quantitative estimate of drug-likeness (QED) is 0.848. The summed E-state index contributed by atoms with van der Waals surface area (Å²) < 4.78 is 0. The minimum atomic E-state index is -1.04. The molecule has 0 aliphatic rings. The van der Waals surface area contributed by atoms with Crippen LogP contribution in [0.15, 0.2) is 36.9 Å². The van der Waals surface area contributed by atoms with Crippen molar-refractivity contribution < 1.29 is 14.7 Å². The molecule has 1 amide bonds. The molecule has 0 radical (unpaired) electrons. The lowest BCUT2D eigenvalue weighted by atomic mass is 10.0. The van der Waals surface area contributed by atoms with Crippen LogP contribution >= 0.6 is 0 Å². The van der Waals surface area contributed by atoms with E-state index in [1.54, 1.807) is 23.1 Å². The van der Waals surface area contributed by atoms with Crippen LogP contribution in [0.3, 0.4) is 0 Å². The molecule has 1 aromatic rings. The van der Waals surface area contributed by atoms with Gasteiger partial charge in [-0.2, -0.15) is 0 Å². The molecule has 0 aromatic heterocycles. The van der Waals surface area contributed by atoms with E-state index >= 15 is 0 Å². The molecule has 0 spiro atoms. The molecule has 102 valence electrons. The van der Waals surface area contributed by atoms with Crippen LogP contribution in [0.5, 0.6) is 0 Å². The highest BCUT2D eigenvalue weighted by molar-refractivity contribution is 5.97. The molecule has 0 bridgehead atoms. The number of carboxylic acids is 1. The zero-order valence-electron chi connectivity index (χ0n) is 11.5. The third-order valence-electron chi connectivity index (χ3n) is 2.72. The third kappa shape index (κ3) is 3.68. The first-order valence-corrected chi connectivity index (χ1v) is 6.03. The molecule has 4 heteroatoms. The van der Waals surface area contributed by atoms with Crippen molar-refractivity contribution >= 4 is 11.9 Å². The SMILES string of the molecule is C=CCN(C(=O)c1cccc(C(=O)O)c1)C(C)(C)C. The summed E-state index contributed by atoms with van der Waals surface area (Å²) >= 11 is 0. The Balaban J connectivity index is 3.13. The van der Waals surface area contributed by atoms with E-state index in [2.05, 4.69) is 6.58 Å². The van der Waals surface area contributed by atoms with Gasteiger partial charge in [-0.05, 0) is 39.0 Å². The van der Waals surface area contributed by atoms with Crippen LogP contribution in [-0.2, 0) is 0 Å². The molecule has 0 saturated carbocycles. The van der Waals surface area contributed by atoms with Gasteiger partial charge in [-0.1, -0.05) is 12.1 Å². The van der Waals surface area contributed by atoms with E-state index in [-0.39, 0.29) is 17.0 Å². The summed E-state index contributed by atoms with van der Waals surface area (Å²) in [6.45, 7) is 9.84. The average molecular weight is 261 g/mol. The first-order chi connectivity index (χ1) is 8.77. The number of nitrogens with zero attached hydrogens (tertiary/aromatic N) is 1. The second-order valence-corrected chi connectivity index (χ2v) is 5.26. The van der Waals surface area contributed by atoms with Gasteiger partial charge in [0.15, 0.2) is 0 Å². The zero-order valence-corrected chi connectivity index (χ0v) is 11.5. The van der Waals surface area contributed by atoms with E-state index in [0.717, 1.165) is 0 Å². The lowest BCUT2D eigenvalue weighted by Crippen LogP contribution is -2.45. The fraction of sp³-hybridized carbons (Fsp3) is 0.333. The molecule has 1 rings (SSSR count). The number of carbonyl (C=O) groups is 2. The van der Waals surface area contributed by atoms with E-state index in [1.807, 2.05) is 20.8 Å². The molecule has 0 aliphatic heterocycles. The van der Waals surface area contributed by atoms with Gasteiger partial charge in [-0.15, -0.1) is 6.58 Å². The fourth-order valence-corrected chi connectivity index (χ4v) is 1.73. The van der Waals surface area contributed by atoms with Gasteiger partial charge in [0, 0.05) is 17.6 Å². The van der Waals surface area contributed by atoms with Gasteiger partial charge in [0.2, 0.25) is 0 Å². The molecule has 1 N–H and O–H groups in total. The zero-order chi connectivity index (χ0) is 14.6. The molecule has 0 heterocycles. The van der Waals surface area contributed by atoms with Gasteiger partial charge >= 0.3 is 5.97 Å². The maximum absolute atomic E-state index is 12.4. The van der Waals surface area contributed by atoms with Crippen LogP contribution in [0.1, 0.15) is 41.5 Å². The lowest BCUT2D eigenvalue weighted by Gasteiger charge is -2.35. The summed E-state index contributed by atoms with van der Waals surface area (Å²) in [6.07, 6.45) is 1.66. The van der Waals surface area contributed by atoms with Crippen LogP contribution < -0.4 is 0 Å². The molecule has 0 fully saturated rings. The van der Waals surface area contributed by atoms with Gasteiger partial charge in [0.25, 0.3) is 5.91 Å². The fourth-order valence-electron chi connectivity index (χ4n) is 1.73. The second kappa shape index (κ2) is 5.69. The number of carboxylic acid groups (broad SMARTS) is 1. The van der Waals surface area contributed by atoms with E-state index in [0.29, 0.717) is 12.1 Å².